The van der Waals surface area contributed by atoms with Crippen LogP contribution in [0, 0.1) is 6.92 Å². The molecule has 0 saturated carbocycles. The minimum Gasteiger partial charge on any atom is -0.494 e. The largest absolute Gasteiger partial charge is 0.494 e. The van der Waals surface area contributed by atoms with Crippen molar-refractivity contribution in [1.29, 1.82) is 0 Å². The summed E-state index contributed by atoms with van der Waals surface area (Å²) in [6.45, 7) is 8.54. The van der Waals surface area contributed by atoms with Crippen molar-refractivity contribution in [1.82, 2.24) is 0 Å². The molecule has 0 aliphatic carbocycles. The fraction of sp³-hybridized carbons (Fsp3) is 0.231. The van der Waals surface area contributed by atoms with Crippen molar-refractivity contribution in [3.8, 4) is 16.9 Å². The fourth-order valence-electron chi connectivity index (χ4n) is 3.85. The number of hydrogen-bond donors (Lipinski definition) is 0. The van der Waals surface area contributed by atoms with E-state index in [1.807, 2.05) is 62.4 Å². The van der Waals surface area contributed by atoms with Crippen molar-refractivity contribution in [3.05, 3.63) is 95.3 Å². The van der Waals surface area contributed by atoms with Crippen LogP contribution in [-0.4, -0.2) is 15.4 Å². The summed E-state index contributed by atoms with van der Waals surface area (Å²) < 4.78 is 36.1. The Hall–Kier alpha value is -2.72. The lowest BCUT2D eigenvalue weighted by atomic mass is 9.94. The van der Waals surface area contributed by atoms with Crippen LogP contribution in [0.25, 0.3) is 17.0 Å². The average molecular weight is 423 g/mol. The summed E-state index contributed by atoms with van der Waals surface area (Å²) in [5.74, 6) is -0.807. The van der Waals surface area contributed by atoms with Gasteiger partial charge in [0.1, 0.15) is 11.6 Å². The summed E-state index contributed by atoms with van der Waals surface area (Å²) in [6, 6.07) is 22.5. The molecular formula is C26H28F2OSi. The molecule has 4 heteroatoms. The smallest absolute Gasteiger partial charge is 0.162 e. The van der Waals surface area contributed by atoms with E-state index in [9.17, 15) is 0 Å². The highest BCUT2D eigenvalue weighted by atomic mass is 28.3. The van der Waals surface area contributed by atoms with Crippen LogP contribution < -0.4 is 4.74 Å². The summed E-state index contributed by atoms with van der Waals surface area (Å²) >= 11 is 0. The standard InChI is InChI=1S/C26H28F2OSi/c1-5-29-21-16-14-20(15-17-21)24(27)25(28)26(30(3)4)23-13-9-12-22(18(23)2)19-10-7-6-8-11-19/h6-17,26,30H,5H2,1-4H3. The van der Waals surface area contributed by atoms with Gasteiger partial charge in [0.2, 0.25) is 0 Å². The van der Waals surface area contributed by atoms with E-state index in [1.54, 1.807) is 24.3 Å². The van der Waals surface area contributed by atoms with Gasteiger partial charge in [-0.15, -0.1) is 0 Å². The maximum Gasteiger partial charge on any atom is 0.162 e. The second-order valence-electron chi connectivity index (χ2n) is 7.73. The normalized spacial score (nSPS) is 13.2. The topological polar surface area (TPSA) is 9.23 Å². The first-order chi connectivity index (χ1) is 14.4. The first-order valence-electron chi connectivity index (χ1n) is 10.4. The van der Waals surface area contributed by atoms with E-state index in [0.717, 1.165) is 22.3 Å². The zero-order valence-corrected chi connectivity index (χ0v) is 19.1. The molecule has 0 N–H and O–H groups in total. The van der Waals surface area contributed by atoms with E-state index in [0.29, 0.717) is 12.4 Å². The van der Waals surface area contributed by atoms with Gasteiger partial charge in [-0.05, 0) is 60.4 Å². The number of allylic oxidation sites excluding steroid dienone is 1. The SMILES string of the molecule is CCOc1ccc(C(F)=C(F)C(c2cccc(-c3ccccc3)c2C)[SiH](C)C)cc1. The Bertz CT molecular complexity index is 1010. The van der Waals surface area contributed by atoms with E-state index in [-0.39, 0.29) is 5.56 Å². The first kappa shape index (κ1) is 22.0. The summed E-state index contributed by atoms with van der Waals surface area (Å²) in [4.78, 5) is 0. The quantitative estimate of drug-likeness (QED) is 0.359. The van der Waals surface area contributed by atoms with Crippen LogP contribution in [0.4, 0.5) is 8.78 Å². The summed E-state index contributed by atoms with van der Waals surface area (Å²) in [6.07, 6.45) is 0. The van der Waals surface area contributed by atoms with Crippen LogP contribution in [0.5, 0.6) is 5.75 Å². The summed E-state index contributed by atoms with van der Waals surface area (Å²) in [7, 11) is -1.61. The zero-order chi connectivity index (χ0) is 21.7. The number of halogens is 2. The summed E-state index contributed by atoms with van der Waals surface area (Å²) in [5, 5.41) is 0. The van der Waals surface area contributed by atoms with Gasteiger partial charge in [0.25, 0.3) is 0 Å². The van der Waals surface area contributed by atoms with Crippen molar-refractivity contribution < 1.29 is 13.5 Å². The van der Waals surface area contributed by atoms with Crippen LogP contribution in [0.1, 0.15) is 29.2 Å². The highest BCUT2D eigenvalue weighted by molar-refractivity contribution is 6.58. The third kappa shape index (κ3) is 4.70. The molecule has 0 aliphatic heterocycles. The van der Waals surface area contributed by atoms with Gasteiger partial charge in [-0.3, -0.25) is 0 Å². The Balaban J connectivity index is 2.04. The Morgan fingerprint density at radius 3 is 2.17 bits per heavy atom. The Kier molecular flexibility index (Phi) is 7.22. The van der Waals surface area contributed by atoms with Gasteiger partial charge in [-0.1, -0.05) is 61.6 Å². The van der Waals surface area contributed by atoms with E-state index in [4.69, 9.17) is 4.74 Å². The molecule has 1 atom stereocenters. The van der Waals surface area contributed by atoms with Gasteiger partial charge in [-0.2, -0.15) is 0 Å². The maximum absolute atomic E-state index is 15.6. The Labute approximate surface area is 179 Å². The number of benzene rings is 3. The molecule has 30 heavy (non-hydrogen) atoms. The van der Waals surface area contributed by atoms with Crippen LogP contribution in [0.3, 0.4) is 0 Å². The molecule has 0 aliphatic rings. The lowest BCUT2D eigenvalue weighted by Crippen LogP contribution is -2.19. The lowest BCUT2D eigenvalue weighted by Gasteiger charge is -2.23. The summed E-state index contributed by atoms with van der Waals surface area (Å²) in [5.41, 5.74) is 3.73. The predicted molar refractivity (Wildman–Crippen MR) is 125 cm³/mol. The molecule has 1 nitrogen and oxygen atoms in total. The molecule has 0 amide bonds. The van der Waals surface area contributed by atoms with Crippen LogP contribution in [-0.2, 0) is 0 Å². The molecule has 3 aromatic carbocycles. The monoisotopic (exact) mass is 422 g/mol. The number of rotatable bonds is 7. The van der Waals surface area contributed by atoms with Gasteiger partial charge in [0.05, 0.1) is 6.61 Å². The highest BCUT2D eigenvalue weighted by Gasteiger charge is 2.28. The predicted octanol–water partition coefficient (Wildman–Crippen LogP) is 7.48. The second kappa shape index (κ2) is 9.85. The zero-order valence-electron chi connectivity index (χ0n) is 18.0. The Morgan fingerprint density at radius 1 is 0.900 bits per heavy atom. The van der Waals surface area contributed by atoms with Crippen molar-refractivity contribution in [2.75, 3.05) is 6.61 Å². The minimum absolute atomic E-state index is 0.243. The van der Waals surface area contributed by atoms with Gasteiger partial charge < -0.3 is 4.74 Å². The number of hydrogen-bond acceptors (Lipinski definition) is 1. The molecule has 0 bridgehead atoms. The molecule has 3 aromatic rings. The van der Waals surface area contributed by atoms with Gasteiger partial charge >= 0.3 is 0 Å². The molecule has 1 unspecified atom stereocenters. The van der Waals surface area contributed by atoms with E-state index < -0.39 is 26.0 Å². The van der Waals surface area contributed by atoms with Gasteiger partial charge in [0.15, 0.2) is 5.83 Å². The van der Waals surface area contributed by atoms with Crippen LogP contribution >= 0.6 is 0 Å². The molecule has 0 saturated heterocycles. The third-order valence-corrected chi connectivity index (χ3v) is 7.35. The van der Waals surface area contributed by atoms with Crippen molar-refractivity contribution >= 4 is 14.6 Å². The van der Waals surface area contributed by atoms with E-state index in [2.05, 4.69) is 13.1 Å². The van der Waals surface area contributed by atoms with E-state index in [1.165, 1.54) is 0 Å². The van der Waals surface area contributed by atoms with Gasteiger partial charge in [0, 0.05) is 19.9 Å². The van der Waals surface area contributed by atoms with Crippen molar-refractivity contribution in [3.63, 3.8) is 0 Å². The molecular weight excluding hydrogens is 394 g/mol. The highest BCUT2D eigenvalue weighted by Crippen LogP contribution is 2.38. The maximum atomic E-state index is 15.6. The van der Waals surface area contributed by atoms with E-state index >= 15 is 8.78 Å². The van der Waals surface area contributed by atoms with Crippen LogP contribution in [0.2, 0.25) is 13.1 Å². The third-order valence-electron chi connectivity index (χ3n) is 5.36. The molecule has 0 aromatic heterocycles. The molecule has 0 radical (unpaired) electrons. The average Bonchev–Trinajstić information content (AvgIpc) is 2.75. The molecule has 0 spiro atoms. The fourth-order valence-corrected chi connectivity index (χ4v) is 5.66. The molecule has 0 fully saturated rings. The molecule has 3 rings (SSSR count). The minimum atomic E-state index is -1.61. The van der Waals surface area contributed by atoms with Crippen molar-refractivity contribution in [2.24, 2.45) is 0 Å². The van der Waals surface area contributed by atoms with Crippen molar-refractivity contribution in [2.45, 2.75) is 32.5 Å². The molecule has 0 heterocycles. The van der Waals surface area contributed by atoms with Gasteiger partial charge in [-0.25, -0.2) is 8.78 Å². The Morgan fingerprint density at radius 2 is 1.57 bits per heavy atom. The molecule has 156 valence electrons. The second-order valence-corrected chi connectivity index (χ2v) is 10.9. The first-order valence-corrected chi connectivity index (χ1v) is 13.3. The lowest BCUT2D eigenvalue weighted by molar-refractivity contribution is 0.340. The van der Waals surface area contributed by atoms with Crippen LogP contribution in [0.15, 0.2) is 78.6 Å². The number of ether oxygens (including phenoxy) is 1.